The molecule has 0 bridgehead atoms. The van der Waals surface area contributed by atoms with Crippen molar-refractivity contribution in [2.24, 2.45) is 0 Å². The van der Waals surface area contributed by atoms with Crippen molar-refractivity contribution in [2.45, 2.75) is 32.7 Å². The second-order valence-corrected chi connectivity index (χ2v) is 6.13. The van der Waals surface area contributed by atoms with Crippen molar-refractivity contribution < 1.29 is 9.59 Å². The van der Waals surface area contributed by atoms with Gasteiger partial charge in [0.1, 0.15) is 0 Å². The highest BCUT2D eigenvalue weighted by molar-refractivity contribution is 5.97. The van der Waals surface area contributed by atoms with Crippen LogP contribution in [0.15, 0.2) is 29.1 Å². The monoisotopic (exact) mass is 342 g/mol. The van der Waals surface area contributed by atoms with E-state index in [1.165, 1.54) is 0 Å². The second kappa shape index (κ2) is 7.46. The van der Waals surface area contributed by atoms with Crippen LogP contribution < -0.4 is 10.7 Å². The van der Waals surface area contributed by atoms with E-state index in [1.54, 1.807) is 27.8 Å². The third-order valence-electron chi connectivity index (χ3n) is 4.49. The van der Waals surface area contributed by atoms with Gasteiger partial charge in [0, 0.05) is 25.0 Å². The van der Waals surface area contributed by atoms with E-state index in [2.05, 4.69) is 10.4 Å². The molecule has 0 unspecified atom stereocenters. The van der Waals surface area contributed by atoms with Crippen LogP contribution in [0.2, 0.25) is 0 Å². The molecule has 2 aromatic rings. The molecule has 1 saturated heterocycles. The smallest absolute Gasteiger partial charge is 0.276 e. The normalized spacial score (nSPS) is 14.5. The summed E-state index contributed by atoms with van der Waals surface area (Å²) in [5.41, 5.74) is 0.103. The fourth-order valence-electron chi connectivity index (χ4n) is 3.12. The number of benzene rings is 1. The van der Waals surface area contributed by atoms with Crippen LogP contribution in [0.25, 0.3) is 10.9 Å². The summed E-state index contributed by atoms with van der Waals surface area (Å²) in [6.45, 7) is 3.77. The Labute approximate surface area is 145 Å². The van der Waals surface area contributed by atoms with Gasteiger partial charge in [-0.25, -0.2) is 0 Å². The van der Waals surface area contributed by atoms with Crippen molar-refractivity contribution in [1.82, 2.24) is 20.0 Å². The Balaban J connectivity index is 1.79. The van der Waals surface area contributed by atoms with E-state index in [-0.39, 0.29) is 18.1 Å². The molecule has 2 heterocycles. The lowest BCUT2D eigenvalue weighted by Crippen LogP contribution is -2.43. The van der Waals surface area contributed by atoms with Crippen LogP contribution in [0.3, 0.4) is 0 Å². The molecule has 1 aromatic carbocycles. The number of hydrogen-bond donors (Lipinski definition) is 1. The topological polar surface area (TPSA) is 84.3 Å². The Kier molecular flexibility index (Phi) is 5.11. The van der Waals surface area contributed by atoms with Crippen molar-refractivity contribution in [3.63, 3.8) is 0 Å². The summed E-state index contributed by atoms with van der Waals surface area (Å²) in [7, 11) is 0. The fourth-order valence-corrected chi connectivity index (χ4v) is 3.12. The van der Waals surface area contributed by atoms with E-state index in [0.717, 1.165) is 32.4 Å². The van der Waals surface area contributed by atoms with Crippen molar-refractivity contribution >= 4 is 22.7 Å². The lowest BCUT2D eigenvalue weighted by Gasteiger charge is -2.26. The number of rotatable bonds is 4. The van der Waals surface area contributed by atoms with Gasteiger partial charge in [-0.3, -0.25) is 19.1 Å². The first-order valence-corrected chi connectivity index (χ1v) is 8.67. The summed E-state index contributed by atoms with van der Waals surface area (Å²) in [6, 6.07) is 7.06. The van der Waals surface area contributed by atoms with Crippen LogP contribution in [-0.4, -0.2) is 46.1 Å². The predicted octanol–water partition coefficient (Wildman–Crippen LogP) is 1.16. The number of para-hydroxylation sites is 1. The number of carbonyl (C=O) groups is 2. The summed E-state index contributed by atoms with van der Waals surface area (Å²) in [5.74, 6) is -0.729. The van der Waals surface area contributed by atoms with Crippen LogP contribution in [0.1, 0.15) is 36.7 Å². The lowest BCUT2D eigenvalue weighted by molar-refractivity contribution is -0.130. The number of aromatic nitrogens is 2. The van der Waals surface area contributed by atoms with Crippen molar-refractivity contribution in [1.29, 1.82) is 0 Å². The molecule has 25 heavy (non-hydrogen) atoms. The van der Waals surface area contributed by atoms with E-state index in [4.69, 9.17) is 0 Å². The third kappa shape index (κ3) is 3.55. The van der Waals surface area contributed by atoms with Gasteiger partial charge in [0.25, 0.3) is 5.91 Å². The first-order valence-electron chi connectivity index (χ1n) is 8.67. The molecule has 1 N–H and O–H groups in total. The predicted molar refractivity (Wildman–Crippen MR) is 94.4 cm³/mol. The Morgan fingerprint density at radius 2 is 1.88 bits per heavy atom. The number of hydrogen-bond acceptors (Lipinski definition) is 4. The molecule has 0 saturated carbocycles. The fraction of sp³-hybridized carbons (Fsp3) is 0.444. The molecule has 1 aromatic heterocycles. The maximum Gasteiger partial charge on any atom is 0.276 e. The molecule has 0 radical (unpaired) electrons. The van der Waals surface area contributed by atoms with Gasteiger partial charge < -0.3 is 10.2 Å². The van der Waals surface area contributed by atoms with E-state index >= 15 is 0 Å². The van der Waals surface area contributed by atoms with Crippen LogP contribution in [0.4, 0.5) is 0 Å². The number of piperidine rings is 1. The zero-order valence-corrected chi connectivity index (χ0v) is 14.3. The van der Waals surface area contributed by atoms with E-state index < -0.39 is 11.3 Å². The molecule has 7 nitrogen and oxygen atoms in total. The molecule has 0 atom stereocenters. The molecule has 132 valence electrons. The number of fused-ring (bicyclic) bond motifs is 1. The maximum absolute atomic E-state index is 12.6. The highest BCUT2D eigenvalue weighted by Crippen LogP contribution is 2.10. The highest BCUT2D eigenvalue weighted by atomic mass is 16.2. The van der Waals surface area contributed by atoms with E-state index in [9.17, 15) is 14.4 Å². The molecule has 1 aliphatic heterocycles. The first-order chi connectivity index (χ1) is 12.1. The zero-order valence-electron chi connectivity index (χ0n) is 14.3. The number of carbonyl (C=O) groups excluding carboxylic acids is 2. The zero-order chi connectivity index (χ0) is 17.8. The molecular formula is C18H22N4O3. The first kappa shape index (κ1) is 17.1. The van der Waals surface area contributed by atoms with Gasteiger partial charge in [-0.1, -0.05) is 12.1 Å². The SMILES string of the molecule is CCn1nc(C(=O)NCC(=O)N2CCCCC2)c(=O)c2ccccc21. The Bertz CT molecular complexity index is 853. The largest absolute Gasteiger partial charge is 0.341 e. The van der Waals surface area contributed by atoms with Crippen LogP contribution in [-0.2, 0) is 11.3 Å². The standard InChI is InChI=1S/C18H22N4O3/c1-2-22-14-9-5-4-8-13(14)17(24)16(20-22)18(25)19-12-15(23)21-10-6-3-7-11-21/h4-5,8-9H,2-3,6-7,10-12H2,1H3,(H,19,25). The van der Waals surface area contributed by atoms with Gasteiger partial charge in [-0.15, -0.1) is 0 Å². The molecule has 1 fully saturated rings. The Morgan fingerprint density at radius 1 is 1.16 bits per heavy atom. The summed E-state index contributed by atoms with van der Waals surface area (Å²) >= 11 is 0. The van der Waals surface area contributed by atoms with Crippen LogP contribution in [0, 0.1) is 0 Å². The quantitative estimate of drug-likeness (QED) is 0.904. The number of nitrogens with one attached hydrogen (secondary N) is 1. The molecule has 0 aliphatic carbocycles. The number of likely N-dealkylation sites (tertiary alicyclic amines) is 1. The van der Waals surface area contributed by atoms with E-state index in [1.807, 2.05) is 13.0 Å². The number of nitrogens with zero attached hydrogens (tertiary/aromatic N) is 3. The average Bonchev–Trinajstić information content (AvgIpc) is 2.67. The highest BCUT2D eigenvalue weighted by Gasteiger charge is 2.20. The molecule has 2 amide bonds. The van der Waals surface area contributed by atoms with Crippen LogP contribution >= 0.6 is 0 Å². The molecule has 1 aliphatic rings. The van der Waals surface area contributed by atoms with Crippen molar-refractivity contribution in [3.8, 4) is 0 Å². The molecule has 0 spiro atoms. The van der Waals surface area contributed by atoms with Crippen molar-refractivity contribution in [2.75, 3.05) is 19.6 Å². The van der Waals surface area contributed by atoms with Gasteiger partial charge in [-0.05, 0) is 38.3 Å². The Morgan fingerprint density at radius 3 is 2.60 bits per heavy atom. The molecule has 3 rings (SSSR count). The molecule has 7 heteroatoms. The lowest BCUT2D eigenvalue weighted by atomic mass is 10.1. The minimum atomic E-state index is -0.608. The van der Waals surface area contributed by atoms with Gasteiger partial charge in [-0.2, -0.15) is 5.10 Å². The molecular weight excluding hydrogens is 320 g/mol. The second-order valence-electron chi connectivity index (χ2n) is 6.13. The van der Waals surface area contributed by atoms with Crippen molar-refractivity contribution in [3.05, 3.63) is 40.2 Å². The summed E-state index contributed by atoms with van der Waals surface area (Å²) < 4.78 is 1.62. The summed E-state index contributed by atoms with van der Waals surface area (Å²) in [6.07, 6.45) is 3.12. The average molecular weight is 342 g/mol. The number of amides is 2. The third-order valence-corrected chi connectivity index (χ3v) is 4.49. The summed E-state index contributed by atoms with van der Waals surface area (Å²) in [4.78, 5) is 38.9. The van der Waals surface area contributed by atoms with E-state index in [0.29, 0.717) is 17.4 Å². The minimum absolute atomic E-state index is 0.112. The van der Waals surface area contributed by atoms with Gasteiger partial charge in [0.05, 0.1) is 12.1 Å². The minimum Gasteiger partial charge on any atom is -0.341 e. The summed E-state index contributed by atoms with van der Waals surface area (Å²) in [5, 5.41) is 7.17. The van der Waals surface area contributed by atoms with Crippen LogP contribution in [0.5, 0.6) is 0 Å². The van der Waals surface area contributed by atoms with Gasteiger partial charge >= 0.3 is 0 Å². The Hall–Kier alpha value is -2.70. The van der Waals surface area contributed by atoms with Gasteiger partial charge in [0.15, 0.2) is 5.69 Å². The van der Waals surface area contributed by atoms with Gasteiger partial charge in [0.2, 0.25) is 11.3 Å². The maximum atomic E-state index is 12.6. The number of aryl methyl sites for hydroxylation is 1.